The quantitative estimate of drug-likeness (QED) is 0.850. The monoisotopic (exact) mass is 341 g/mol. The average Bonchev–Trinajstić information content (AvgIpc) is 3.27. The van der Waals surface area contributed by atoms with Gasteiger partial charge in [-0.2, -0.15) is 4.98 Å². The molecule has 0 aliphatic carbocycles. The molecule has 2 fully saturated rings. The Morgan fingerprint density at radius 1 is 1.12 bits per heavy atom. The molecule has 25 heavy (non-hydrogen) atoms. The largest absolute Gasteiger partial charge is 0.371 e. The summed E-state index contributed by atoms with van der Waals surface area (Å²) >= 11 is 0. The third kappa shape index (κ3) is 3.70. The van der Waals surface area contributed by atoms with Crippen LogP contribution in [-0.2, 0) is 0 Å². The van der Waals surface area contributed by atoms with Crippen molar-refractivity contribution in [3.8, 4) is 0 Å². The zero-order valence-electron chi connectivity index (χ0n) is 15.1. The van der Waals surface area contributed by atoms with E-state index in [0.29, 0.717) is 0 Å². The highest BCUT2D eigenvalue weighted by molar-refractivity contribution is 5.46. The van der Waals surface area contributed by atoms with Crippen LogP contribution in [0.2, 0.25) is 0 Å². The Kier molecular flexibility index (Phi) is 4.72. The van der Waals surface area contributed by atoms with Crippen molar-refractivity contribution < 1.29 is 4.52 Å². The van der Waals surface area contributed by atoms with Crippen LogP contribution < -0.4 is 4.90 Å². The predicted molar refractivity (Wildman–Crippen MR) is 97.6 cm³/mol. The van der Waals surface area contributed by atoms with Gasteiger partial charge in [0.2, 0.25) is 5.89 Å². The molecule has 6 nitrogen and oxygen atoms in total. The molecule has 134 valence electrons. The van der Waals surface area contributed by atoms with E-state index in [1.54, 1.807) is 0 Å². The number of anilines is 1. The van der Waals surface area contributed by atoms with E-state index >= 15 is 0 Å². The topological polar surface area (TPSA) is 48.6 Å². The fraction of sp³-hybridized carbons (Fsp3) is 0.579. The molecule has 2 saturated heterocycles. The third-order valence-electron chi connectivity index (χ3n) is 5.48. The van der Waals surface area contributed by atoms with Crippen LogP contribution in [0.5, 0.6) is 0 Å². The first-order valence-corrected chi connectivity index (χ1v) is 9.22. The number of nitrogens with zero attached hydrogens (tertiary/aromatic N) is 5. The Morgan fingerprint density at radius 2 is 1.96 bits per heavy atom. The minimum Gasteiger partial charge on any atom is -0.371 e. The summed E-state index contributed by atoms with van der Waals surface area (Å²) in [6.45, 7) is 8.48. The van der Waals surface area contributed by atoms with Gasteiger partial charge in [0.05, 0.1) is 0 Å². The predicted octanol–water partition coefficient (Wildman–Crippen LogP) is 2.19. The number of aromatic nitrogens is 2. The maximum Gasteiger partial charge on any atom is 0.245 e. The lowest BCUT2D eigenvalue weighted by Crippen LogP contribution is -2.48. The van der Waals surface area contributed by atoms with Gasteiger partial charge in [0.15, 0.2) is 5.82 Å². The summed E-state index contributed by atoms with van der Waals surface area (Å²) in [5, 5.41) is 3.96. The van der Waals surface area contributed by atoms with E-state index in [4.69, 9.17) is 4.52 Å². The first-order chi connectivity index (χ1) is 12.2. The van der Waals surface area contributed by atoms with E-state index in [1.165, 1.54) is 12.1 Å². The van der Waals surface area contributed by atoms with Gasteiger partial charge in [0.1, 0.15) is 6.04 Å². The molecule has 0 unspecified atom stereocenters. The van der Waals surface area contributed by atoms with E-state index in [9.17, 15) is 0 Å². The second-order valence-corrected chi connectivity index (χ2v) is 7.37. The fourth-order valence-corrected chi connectivity index (χ4v) is 4.03. The summed E-state index contributed by atoms with van der Waals surface area (Å²) in [5.74, 6) is 2.20. The minimum absolute atomic E-state index is 0.210. The number of piperazine rings is 1. The van der Waals surface area contributed by atoms with Crippen LogP contribution >= 0.6 is 0 Å². The number of hydrogen-bond donors (Lipinski definition) is 0. The normalized spacial score (nSPS) is 25.6. The minimum atomic E-state index is 0.210. The van der Waals surface area contributed by atoms with Crippen molar-refractivity contribution in [1.29, 1.82) is 0 Å². The zero-order valence-corrected chi connectivity index (χ0v) is 15.1. The van der Waals surface area contributed by atoms with E-state index in [1.807, 2.05) is 6.92 Å². The van der Waals surface area contributed by atoms with Crippen LogP contribution in [0.15, 0.2) is 34.9 Å². The second-order valence-electron chi connectivity index (χ2n) is 7.37. The fourth-order valence-electron chi connectivity index (χ4n) is 4.03. The van der Waals surface area contributed by atoms with Crippen molar-refractivity contribution in [2.45, 2.75) is 19.4 Å². The molecular formula is C19H27N5O. The SMILES string of the molecule is Cc1noc([C@H]2CN(C[C@H]3CCN(c4ccccc4)C3)CCN2C)n1. The number of para-hydroxylation sites is 1. The lowest BCUT2D eigenvalue weighted by Gasteiger charge is -2.38. The van der Waals surface area contributed by atoms with E-state index < -0.39 is 0 Å². The Hall–Kier alpha value is -1.92. The highest BCUT2D eigenvalue weighted by Crippen LogP contribution is 2.27. The number of hydrogen-bond acceptors (Lipinski definition) is 6. The molecule has 3 heterocycles. The number of rotatable bonds is 4. The van der Waals surface area contributed by atoms with Crippen molar-refractivity contribution in [3.05, 3.63) is 42.0 Å². The van der Waals surface area contributed by atoms with Crippen molar-refractivity contribution in [3.63, 3.8) is 0 Å². The van der Waals surface area contributed by atoms with Crippen LogP contribution in [0.1, 0.15) is 24.2 Å². The molecule has 0 N–H and O–H groups in total. The Labute approximate surface area is 149 Å². The molecule has 2 atom stereocenters. The number of likely N-dealkylation sites (N-methyl/N-ethyl adjacent to an activating group) is 1. The van der Waals surface area contributed by atoms with E-state index in [-0.39, 0.29) is 6.04 Å². The van der Waals surface area contributed by atoms with Gasteiger partial charge in [-0.3, -0.25) is 9.80 Å². The molecule has 0 saturated carbocycles. The molecule has 0 radical (unpaired) electrons. The zero-order chi connectivity index (χ0) is 17.2. The third-order valence-corrected chi connectivity index (χ3v) is 5.48. The van der Waals surface area contributed by atoms with Gasteiger partial charge in [-0.25, -0.2) is 0 Å². The van der Waals surface area contributed by atoms with Gasteiger partial charge in [-0.1, -0.05) is 23.4 Å². The first-order valence-electron chi connectivity index (χ1n) is 9.22. The molecule has 1 aromatic carbocycles. The van der Waals surface area contributed by atoms with Crippen molar-refractivity contribution in [1.82, 2.24) is 19.9 Å². The maximum absolute atomic E-state index is 5.43. The van der Waals surface area contributed by atoms with Crippen molar-refractivity contribution >= 4 is 5.69 Å². The second kappa shape index (κ2) is 7.14. The molecule has 2 aliphatic rings. The molecule has 1 aromatic heterocycles. The molecule has 0 bridgehead atoms. The Bertz CT molecular complexity index is 688. The number of benzene rings is 1. The summed E-state index contributed by atoms with van der Waals surface area (Å²) < 4.78 is 5.43. The lowest BCUT2D eigenvalue weighted by molar-refractivity contribution is 0.0678. The first kappa shape index (κ1) is 16.5. The van der Waals surface area contributed by atoms with Crippen molar-refractivity contribution in [2.75, 3.05) is 51.2 Å². The van der Waals surface area contributed by atoms with Crippen LogP contribution in [0.3, 0.4) is 0 Å². The molecule has 2 aliphatic heterocycles. The van der Waals surface area contributed by atoms with Gasteiger partial charge in [-0.15, -0.1) is 0 Å². The molecule has 2 aromatic rings. The Morgan fingerprint density at radius 3 is 2.72 bits per heavy atom. The molecule has 4 rings (SSSR count). The average molecular weight is 341 g/mol. The summed E-state index contributed by atoms with van der Waals surface area (Å²) in [4.78, 5) is 11.9. The Balaban J connectivity index is 1.35. The molecular weight excluding hydrogens is 314 g/mol. The van der Waals surface area contributed by atoms with Gasteiger partial charge >= 0.3 is 0 Å². The highest BCUT2D eigenvalue weighted by atomic mass is 16.5. The van der Waals surface area contributed by atoms with Gasteiger partial charge in [0.25, 0.3) is 0 Å². The van der Waals surface area contributed by atoms with Gasteiger partial charge < -0.3 is 9.42 Å². The van der Waals surface area contributed by atoms with E-state index in [0.717, 1.165) is 56.9 Å². The summed E-state index contributed by atoms with van der Waals surface area (Å²) in [7, 11) is 2.15. The van der Waals surface area contributed by atoms with Crippen LogP contribution in [0, 0.1) is 12.8 Å². The van der Waals surface area contributed by atoms with Gasteiger partial charge in [-0.05, 0) is 38.4 Å². The summed E-state index contributed by atoms with van der Waals surface area (Å²) in [6.07, 6.45) is 1.27. The van der Waals surface area contributed by atoms with Crippen molar-refractivity contribution in [2.24, 2.45) is 5.92 Å². The standard InChI is InChI=1S/C19H27N5O/c1-15-20-19(25-21-15)18-14-23(11-10-22(18)2)12-16-8-9-24(13-16)17-6-4-3-5-7-17/h3-7,16,18H,8-14H2,1-2H3/t16-,18-/m1/s1. The lowest BCUT2D eigenvalue weighted by atomic mass is 10.1. The molecule has 6 heteroatoms. The van der Waals surface area contributed by atoms with Crippen LogP contribution in [-0.4, -0.2) is 66.3 Å². The van der Waals surface area contributed by atoms with E-state index in [2.05, 4.69) is 62.2 Å². The smallest absolute Gasteiger partial charge is 0.245 e. The summed E-state index contributed by atoms with van der Waals surface area (Å²) in [5.41, 5.74) is 1.35. The van der Waals surface area contributed by atoms with Crippen LogP contribution in [0.4, 0.5) is 5.69 Å². The molecule has 0 amide bonds. The number of aryl methyl sites for hydroxylation is 1. The highest BCUT2D eigenvalue weighted by Gasteiger charge is 2.32. The maximum atomic E-state index is 5.43. The van der Waals surface area contributed by atoms with Gasteiger partial charge in [0, 0.05) is 45.0 Å². The van der Waals surface area contributed by atoms with Crippen LogP contribution in [0.25, 0.3) is 0 Å². The molecule has 0 spiro atoms. The summed E-state index contributed by atoms with van der Waals surface area (Å²) in [6, 6.07) is 11.0.